The van der Waals surface area contributed by atoms with Crippen LogP contribution in [0.15, 0.2) is 42.5 Å². The molecule has 2 aromatic rings. The van der Waals surface area contributed by atoms with E-state index in [-0.39, 0.29) is 11.8 Å². The molecule has 2 amide bonds. The van der Waals surface area contributed by atoms with Crippen molar-refractivity contribution in [2.45, 2.75) is 39.0 Å². The Balaban J connectivity index is 1.42. The molecule has 5 nitrogen and oxygen atoms in total. The zero-order valence-corrected chi connectivity index (χ0v) is 15.7. The van der Waals surface area contributed by atoms with E-state index in [9.17, 15) is 9.59 Å². The lowest BCUT2D eigenvalue weighted by Gasteiger charge is -2.10. The lowest BCUT2D eigenvalue weighted by molar-refractivity contribution is -0.116. The molecule has 1 aliphatic rings. The number of aryl methyl sites for hydroxylation is 2. The molecular weight excluding hydrogens is 340 g/mol. The van der Waals surface area contributed by atoms with E-state index in [4.69, 9.17) is 4.74 Å². The number of rotatable bonds is 8. The van der Waals surface area contributed by atoms with Gasteiger partial charge in [-0.3, -0.25) is 9.59 Å². The van der Waals surface area contributed by atoms with Crippen molar-refractivity contribution >= 4 is 17.5 Å². The maximum atomic E-state index is 12.3. The monoisotopic (exact) mass is 366 g/mol. The zero-order chi connectivity index (χ0) is 19.1. The van der Waals surface area contributed by atoms with Gasteiger partial charge in [-0.2, -0.15) is 0 Å². The van der Waals surface area contributed by atoms with Crippen LogP contribution in [-0.4, -0.2) is 25.0 Å². The average Bonchev–Trinajstić information content (AvgIpc) is 3.13. The van der Waals surface area contributed by atoms with Gasteiger partial charge in [0.25, 0.3) is 5.91 Å². The summed E-state index contributed by atoms with van der Waals surface area (Å²) in [5.74, 6) is 0.363. The highest BCUT2D eigenvalue weighted by molar-refractivity contribution is 5.97. The summed E-state index contributed by atoms with van der Waals surface area (Å²) in [6.07, 6.45) is 4.37. The molecule has 142 valence electrons. The molecule has 1 aliphatic carbocycles. The van der Waals surface area contributed by atoms with Crippen LogP contribution in [0.2, 0.25) is 0 Å². The minimum absolute atomic E-state index is 0.0306. The number of carbonyl (C=O) groups excluding carboxylic acids is 2. The molecule has 0 saturated heterocycles. The fraction of sp³-hybridized carbons (Fsp3) is 0.364. The second kappa shape index (κ2) is 9.21. The Labute approximate surface area is 160 Å². The first-order chi connectivity index (χ1) is 13.2. The van der Waals surface area contributed by atoms with Gasteiger partial charge in [0.1, 0.15) is 5.75 Å². The summed E-state index contributed by atoms with van der Waals surface area (Å²) in [7, 11) is 0. The van der Waals surface area contributed by atoms with Gasteiger partial charge in [0, 0.05) is 18.7 Å². The van der Waals surface area contributed by atoms with Crippen molar-refractivity contribution in [3.05, 3.63) is 59.2 Å². The SMILES string of the molecule is CCOc1ccccc1C(=O)NCCCC(=O)Nc1ccc2c(c1)CCC2. The van der Waals surface area contributed by atoms with Crippen LogP contribution in [-0.2, 0) is 17.6 Å². The molecule has 0 aliphatic heterocycles. The van der Waals surface area contributed by atoms with Gasteiger partial charge >= 0.3 is 0 Å². The highest BCUT2D eigenvalue weighted by Gasteiger charge is 2.13. The Kier molecular flexibility index (Phi) is 6.47. The van der Waals surface area contributed by atoms with Gasteiger partial charge in [-0.25, -0.2) is 0 Å². The number of benzene rings is 2. The normalized spacial score (nSPS) is 12.3. The Bertz CT molecular complexity index is 817. The van der Waals surface area contributed by atoms with E-state index in [2.05, 4.69) is 22.8 Å². The highest BCUT2D eigenvalue weighted by Crippen LogP contribution is 2.25. The maximum absolute atomic E-state index is 12.3. The molecule has 0 fully saturated rings. The first-order valence-corrected chi connectivity index (χ1v) is 9.59. The van der Waals surface area contributed by atoms with Crippen LogP contribution in [0.1, 0.15) is 47.7 Å². The average molecular weight is 366 g/mol. The van der Waals surface area contributed by atoms with Crippen LogP contribution in [0.4, 0.5) is 5.69 Å². The molecule has 0 atom stereocenters. The lowest BCUT2D eigenvalue weighted by atomic mass is 10.1. The first kappa shape index (κ1) is 19.0. The largest absolute Gasteiger partial charge is 0.493 e. The van der Waals surface area contributed by atoms with Crippen molar-refractivity contribution in [2.24, 2.45) is 0 Å². The number of anilines is 1. The predicted molar refractivity (Wildman–Crippen MR) is 106 cm³/mol. The lowest BCUT2D eigenvalue weighted by Crippen LogP contribution is -2.26. The second-order valence-electron chi connectivity index (χ2n) is 6.67. The number of hydrogen-bond acceptors (Lipinski definition) is 3. The molecule has 0 aromatic heterocycles. The van der Waals surface area contributed by atoms with E-state index >= 15 is 0 Å². The number of amides is 2. The highest BCUT2D eigenvalue weighted by atomic mass is 16.5. The van der Waals surface area contributed by atoms with Gasteiger partial charge in [-0.15, -0.1) is 0 Å². The fourth-order valence-electron chi connectivity index (χ4n) is 3.35. The van der Waals surface area contributed by atoms with Crippen LogP contribution in [0.3, 0.4) is 0 Å². The van der Waals surface area contributed by atoms with Gasteiger partial charge < -0.3 is 15.4 Å². The minimum Gasteiger partial charge on any atom is -0.493 e. The molecule has 2 N–H and O–H groups in total. The Morgan fingerprint density at radius 2 is 1.89 bits per heavy atom. The van der Waals surface area contributed by atoms with Crippen LogP contribution in [0.25, 0.3) is 0 Å². The van der Waals surface area contributed by atoms with Crippen LogP contribution < -0.4 is 15.4 Å². The van der Waals surface area contributed by atoms with Gasteiger partial charge in [-0.1, -0.05) is 18.2 Å². The van der Waals surface area contributed by atoms with Gasteiger partial charge in [0.15, 0.2) is 0 Å². The van der Waals surface area contributed by atoms with Gasteiger partial charge in [0.2, 0.25) is 5.91 Å². The van der Waals surface area contributed by atoms with E-state index < -0.39 is 0 Å². The van der Waals surface area contributed by atoms with Crippen molar-refractivity contribution in [1.29, 1.82) is 0 Å². The summed E-state index contributed by atoms with van der Waals surface area (Å²) >= 11 is 0. The minimum atomic E-state index is -0.182. The van der Waals surface area contributed by atoms with Crippen LogP contribution >= 0.6 is 0 Å². The molecule has 0 heterocycles. The van der Waals surface area contributed by atoms with Crippen LogP contribution in [0, 0.1) is 0 Å². The second-order valence-corrected chi connectivity index (χ2v) is 6.67. The Morgan fingerprint density at radius 3 is 2.74 bits per heavy atom. The fourth-order valence-corrected chi connectivity index (χ4v) is 3.35. The Hall–Kier alpha value is -2.82. The third-order valence-corrected chi connectivity index (χ3v) is 4.68. The molecular formula is C22H26N2O3. The van der Waals surface area contributed by atoms with E-state index in [1.54, 1.807) is 12.1 Å². The predicted octanol–water partition coefficient (Wildman–Crippen LogP) is 3.72. The molecule has 0 bridgehead atoms. The molecule has 0 saturated carbocycles. The summed E-state index contributed by atoms with van der Waals surface area (Å²) in [5, 5.41) is 5.80. The number of hydrogen-bond donors (Lipinski definition) is 2. The molecule has 5 heteroatoms. The molecule has 2 aromatic carbocycles. The number of para-hydroxylation sites is 1. The summed E-state index contributed by atoms with van der Waals surface area (Å²) in [4.78, 5) is 24.4. The topological polar surface area (TPSA) is 67.4 Å². The van der Waals surface area contributed by atoms with Crippen molar-refractivity contribution in [3.63, 3.8) is 0 Å². The number of ether oxygens (including phenoxy) is 1. The van der Waals surface area contributed by atoms with Crippen molar-refractivity contribution in [2.75, 3.05) is 18.5 Å². The van der Waals surface area contributed by atoms with Crippen molar-refractivity contribution in [3.8, 4) is 5.75 Å². The molecule has 27 heavy (non-hydrogen) atoms. The van der Waals surface area contributed by atoms with Gasteiger partial charge in [0.05, 0.1) is 12.2 Å². The third kappa shape index (κ3) is 5.09. The number of carbonyl (C=O) groups is 2. The molecule has 0 radical (unpaired) electrons. The van der Waals surface area contributed by atoms with Crippen molar-refractivity contribution < 1.29 is 14.3 Å². The standard InChI is InChI=1S/C22H26N2O3/c1-2-27-20-10-4-3-9-19(20)22(26)23-14-6-11-21(25)24-18-13-12-16-7-5-8-17(16)15-18/h3-4,9-10,12-13,15H,2,5-8,11,14H2,1H3,(H,23,26)(H,24,25). The summed E-state index contributed by atoms with van der Waals surface area (Å²) in [5.41, 5.74) is 4.10. The number of fused-ring (bicyclic) bond motifs is 1. The zero-order valence-electron chi connectivity index (χ0n) is 15.7. The smallest absolute Gasteiger partial charge is 0.255 e. The summed E-state index contributed by atoms with van der Waals surface area (Å²) in [6, 6.07) is 13.3. The molecule has 0 unspecified atom stereocenters. The molecule has 3 rings (SSSR count). The van der Waals surface area contributed by atoms with Crippen molar-refractivity contribution in [1.82, 2.24) is 5.32 Å². The summed E-state index contributed by atoms with van der Waals surface area (Å²) in [6.45, 7) is 2.83. The molecule has 0 spiro atoms. The van der Waals surface area contributed by atoms with E-state index in [1.807, 2.05) is 25.1 Å². The quantitative estimate of drug-likeness (QED) is 0.700. The van der Waals surface area contributed by atoms with E-state index in [0.29, 0.717) is 37.3 Å². The van der Waals surface area contributed by atoms with E-state index in [1.165, 1.54) is 17.5 Å². The van der Waals surface area contributed by atoms with Gasteiger partial charge in [-0.05, 0) is 68.0 Å². The first-order valence-electron chi connectivity index (χ1n) is 9.59. The van der Waals surface area contributed by atoms with Crippen LogP contribution in [0.5, 0.6) is 5.75 Å². The maximum Gasteiger partial charge on any atom is 0.255 e. The Morgan fingerprint density at radius 1 is 1.07 bits per heavy atom. The summed E-state index contributed by atoms with van der Waals surface area (Å²) < 4.78 is 5.48. The third-order valence-electron chi connectivity index (χ3n) is 4.68. The number of nitrogens with one attached hydrogen (secondary N) is 2. The van der Waals surface area contributed by atoms with E-state index in [0.717, 1.165) is 18.5 Å².